The van der Waals surface area contributed by atoms with Crippen molar-refractivity contribution in [1.82, 2.24) is 14.9 Å². The number of carbonyl (C=O) groups is 1. The van der Waals surface area contributed by atoms with Gasteiger partial charge in [-0.05, 0) is 31.4 Å². The minimum Gasteiger partial charge on any atom is -0.342 e. The van der Waals surface area contributed by atoms with Gasteiger partial charge in [0, 0.05) is 37.7 Å². The van der Waals surface area contributed by atoms with E-state index in [0.29, 0.717) is 17.6 Å². The molecule has 1 aromatic heterocycles. The fraction of sp³-hybridized carbons (Fsp3) is 0.421. The normalized spacial score (nSPS) is 16.1. The van der Waals surface area contributed by atoms with Gasteiger partial charge < -0.3 is 9.80 Å². The Hall–Kier alpha value is -2.43. The summed E-state index contributed by atoms with van der Waals surface area (Å²) in [5, 5.41) is 0. The predicted molar refractivity (Wildman–Crippen MR) is 95.6 cm³/mol. The fourth-order valence-electron chi connectivity index (χ4n) is 3.14. The summed E-state index contributed by atoms with van der Waals surface area (Å²) >= 11 is 0. The molecule has 2 heterocycles. The van der Waals surface area contributed by atoms with Crippen molar-refractivity contribution in [2.45, 2.75) is 39.2 Å². The average Bonchev–Trinajstić information content (AvgIpc) is 2.95. The zero-order valence-corrected chi connectivity index (χ0v) is 14.6. The Morgan fingerprint density at radius 3 is 2.71 bits per heavy atom. The number of benzene rings is 1. The van der Waals surface area contributed by atoms with Gasteiger partial charge >= 0.3 is 0 Å². The summed E-state index contributed by atoms with van der Waals surface area (Å²) in [7, 11) is 1.82. The Bertz CT molecular complexity index is 714. The van der Waals surface area contributed by atoms with Crippen LogP contribution in [0.2, 0.25) is 0 Å². The highest BCUT2D eigenvalue weighted by Crippen LogP contribution is 2.36. The summed E-state index contributed by atoms with van der Waals surface area (Å²) in [5.41, 5.74) is 3.01. The molecule has 1 aromatic carbocycles. The summed E-state index contributed by atoms with van der Waals surface area (Å²) in [5.74, 6) is 0.630. The summed E-state index contributed by atoms with van der Waals surface area (Å²) < 4.78 is 0. The summed E-state index contributed by atoms with van der Waals surface area (Å²) in [6, 6.07) is 8.65. The van der Waals surface area contributed by atoms with Crippen LogP contribution in [-0.4, -0.2) is 40.4 Å². The fourth-order valence-corrected chi connectivity index (χ4v) is 3.14. The summed E-state index contributed by atoms with van der Waals surface area (Å²) in [6.07, 6.45) is 6.34. The van der Waals surface area contributed by atoms with Crippen LogP contribution in [0.15, 0.2) is 36.7 Å². The van der Waals surface area contributed by atoms with Crippen molar-refractivity contribution >= 4 is 17.5 Å². The lowest BCUT2D eigenvalue weighted by Gasteiger charge is -2.23. The zero-order chi connectivity index (χ0) is 17.1. The molecule has 0 radical (unpaired) electrons. The number of fused-ring (bicyclic) bond motifs is 1. The predicted octanol–water partition coefficient (Wildman–Crippen LogP) is 3.43. The van der Waals surface area contributed by atoms with Gasteiger partial charge in [0.05, 0.1) is 5.56 Å². The van der Waals surface area contributed by atoms with E-state index in [4.69, 9.17) is 0 Å². The highest BCUT2D eigenvalue weighted by Gasteiger charge is 2.28. The highest BCUT2D eigenvalue weighted by atomic mass is 16.2. The second kappa shape index (κ2) is 6.99. The molecule has 1 amide bonds. The molecule has 0 fully saturated rings. The molecule has 1 unspecified atom stereocenters. The molecule has 0 spiro atoms. The van der Waals surface area contributed by atoms with Gasteiger partial charge in [0.1, 0.15) is 0 Å². The standard InChI is InChI=1S/C19H24N4O/c1-4-5-10-22(3)18(24)16-12-20-19(21-13-16)23-14(2)11-15-8-6-7-9-17(15)23/h6-9,12-14H,4-5,10-11H2,1-3H3. The van der Waals surface area contributed by atoms with E-state index in [1.54, 1.807) is 17.3 Å². The van der Waals surface area contributed by atoms with E-state index in [-0.39, 0.29) is 5.91 Å². The highest BCUT2D eigenvalue weighted by molar-refractivity contribution is 5.93. The maximum atomic E-state index is 12.4. The lowest BCUT2D eigenvalue weighted by Crippen LogP contribution is -2.29. The van der Waals surface area contributed by atoms with E-state index in [0.717, 1.165) is 31.5 Å². The number of aromatic nitrogens is 2. The SMILES string of the molecule is CCCCN(C)C(=O)c1cnc(N2c3ccccc3CC2C)nc1. The molecule has 1 aliphatic rings. The third-order valence-corrected chi connectivity index (χ3v) is 4.50. The van der Waals surface area contributed by atoms with Crippen molar-refractivity contribution < 1.29 is 4.79 Å². The van der Waals surface area contributed by atoms with Crippen LogP contribution < -0.4 is 4.90 Å². The third kappa shape index (κ3) is 3.11. The molecule has 1 atom stereocenters. The van der Waals surface area contributed by atoms with Crippen LogP contribution in [0.3, 0.4) is 0 Å². The first kappa shape index (κ1) is 16.4. The molecule has 0 saturated carbocycles. The minimum atomic E-state index is -0.0233. The van der Waals surface area contributed by atoms with Crippen LogP contribution in [-0.2, 0) is 6.42 Å². The van der Waals surface area contributed by atoms with Crippen LogP contribution in [0.25, 0.3) is 0 Å². The Kier molecular flexibility index (Phi) is 4.79. The first-order valence-electron chi connectivity index (χ1n) is 8.56. The number of nitrogens with zero attached hydrogens (tertiary/aromatic N) is 4. The number of hydrogen-bond donors (Lipinski definition) is 0. The number of para-hydroxylation sites is 1. The van der Waals surface area contributed by atoms with Crippen molar-refractivity contribution in [2.24, 2.45) is 0 Å². The van der Waals surface area contributed by atoms with Crippen LogP contribution in [0.5, 0.6) is 0 Å². The molecule has 0 aliphatic carbocycles. The Labute approximate surface area is 143 Å². The lowest BCUT2D eigenvalue weighted by atomic mass is 10.1. The number of anilines is 2. The van der Waals surface area contributed by atoms with Crippen molar-refractivity contribution in [1.29, 1.82) is 0 Å². The second-order valence-corrected chi connectivity index (χ2v) is 6.40. The molecule has 5 nitrogen and oxygen atoms in total. The first-order chi connectivity index (χ1) is 11.6. The molecule has 1 aliphatic heterocycles. The molecule has 2 aromatic rings. The lowest BCUT2D eigenvalue weighted by molar-refractivity contribution is 0.0792. The van der Waals surface area contributed by atoms with Crippen LogP contribution in [0.1, 0.15) is 42.6 Å². The molecular weight excluding hydrogens is 300 g/mol. The van der Waals surface area contributed by atoms with Crippen molar-refractivity contribution in [3.63, 3.8) is 0 Å². The maximum Gasteiger partial charge on any atom is 0.256 e. The number of carbonyl (C=O) groups excluding carboxylic acids is 1. The van der Waals surface area contributed by atoms with E-state index >= 15 is 0 Å². The van der Waals surface area contributed by atoms with Gasteiger partial charge in [0.25, 0.3) is 5.91 Å². The number of amides is 1. The molecule has 126 valence electrons. The van der Waals surface area contributed by atoms with Gasteiger partial charge in [-0.1, -0.05) is 31.5 Å². The number of rotatable bonds is 5. The smallest absolute Gasteiger partial charge is 0.256 e. The molecule has 0 saturated heterocycles. The Morgan fingerprint density at radius 1 is 1.29 bits per heavy atom. The van der Waals surface area contributed by atoms with Crippen LogP contribution >= 0.6 is 0 Å². The molecule has 5 heteroatoms. The van der Waals surface area contributed by atoms with Crippen molar-refractivity contribution in [2.75, 3.05) is 18.5 Å². The van der Waals surface area contributed by atoms with Gasteiger partial charge in [0.2, 0.25) is 5.95 Å². The monoisotopic (exact) mass is 324 g/mol. The Balaban J connectivity index is 1.79. The largest absolute Gasteiger partial charge is 0.342 e. The topological polar surface area (TPSA) is 49.3 Å². The summed E-state index contributed by atoms with van der Waals surface area (Å²) in [6.45, 7) is 5.04. The van der Waals surface area contributed by atoms with Crippen LogP contribution in [0.4, 0.5) is 11.6 Å². The number of hydrogen-bond acceptors (Lipinski definition) is 4. The zero-order valence-electron chi connectivity index (χ0n) is 14.6. The van der Waals surface area contributed by atoms with Gasteiger partial charge in [-0.3, -0.25) is 4.79 Å². The second-order valence-electron chi connectivity index (χ2n) is 6.40. The van der Waals surface area contributed by atoms with Gasteiger partial charge in [-0.15, -0.1) is 0 Å². The molecule has 24 heavy (non-hydrogen) atoms. The molecule has 0 bridgehead atoms. The van der Waals surface area contributed by atoms with E-state index in [1.807, 2.05) is 13.1 Å². The molecular formula is C19H24N4O. The first-order valence-corrected chi connectivity index (χ1v) is 8.56. The van der Waals surface area contributed by atoms with Crippen molar-refractivity contribution in [3.8, 4) is 0 Å². The van der Waals surface area contributed by atoms with Crippen LogP contribution in [0, 0.1) is 0 Å². The molecule has 0 N–H and O–H groups in total. The van der Waals surface area contributed by atoms with Crippen molar-refractivity contribution in [3.05, 3.63) is 47.8 Å². The number of unbranched alkanes of at least 4 members (excludes halogenated alkanes) is 1. The van der Waals surface area contributed by atoms with E-state index in [9.17, 15) is 4.79 Å². The van der Waals surface area contributed by atoms with E-state index in [1.165, 1.54) is 5.56 Å². The van der Waals surface area contributed by atoms with E-state index in [2.05, 4.69) is 46.9 Å². The minimum absolute atomic E-state index is 0.0233. The van der Waals surface area contributed by atoms with Gasteiger partial charge in [-0.25, -0.2) is 9.97 Å². The van der Waals surface area contributed by atoms with E-state index < -0.39 is 0 Å². The molecule has 3 rings (SSSR count). The average molecular weight is 324 g/mol. The maximum absolute atomic E-state index is 12.4. The quantitative estimate of drug-likeness (QED) is 0.845. The van der Waals surface area contributed by atoms with Gasteiger partial charge in [-0.2, -0.15) is 0 Å². The Morgan fingerprint density at radius 2 is 2.00 bits per heavy atom. The third-order valence-electron chi connectivity index (χ3n) is 4.50. The summed E-state index contributed by atoms with van der Waals surface area (Å²) in [4.78, 5) is 25.2. The van der Waals surface area contributed by atoms with Gasteiger partial charge in [0.15, 0.2) is 0 Å².